The molecule has 0 amide bonds. The maximum Gasteiger partial charge on any atom is 0.165 e. The number of halogens is 3. The molecule has 2 aromatic rings. The highest BCUT2D eigenvalue weighted by atomic mass is 35.5. The predicted molar refractivity (Wildman–Crippen MR) is 76.7 cm³/mol. The van der Waals surface area contributed by atoms with E-state index in [0.717, 1.165) is 11.3 Å². The summed E-state index contributed by atoms with van der Waals surface area (Å²) in [5, 5.41) is 4.12. The first-order chi connectivity index (χ1) is 9.10. The highest BCUT2D eigenvalue weighted by Crippen LogP contribution is 2.25. The number of benzene rings is 2. The quantitative estimate of drug-likeness (QED) is 0.879. The van der Waals surface area contributed by atoms with Crippen molar-refractivity contribution in [2.24, 2.45) is 0 Å². The molecule has 19 heavy (non-hydrogen) atoms. The fourth-order valence-electron chi connectivity index (χ4n) is 1.63. The van der Waals surface area contributed by atoms with Gasteiger partial charge in [0.25, 0.3) is 0 Å². The Kier molecular flexibility index (Phi) is 4.51. The molecule has 2 aromatic carbocycles. The summed E-state index contributed by atoms with van der Waals surface area (Å²) in [6.07, 6.45) is 0. The van der Waals surface area contributed by atoms with Crippen LogP contribution in [0.15, 0.2) is 36.4 Å². The van der Waals surface area contributed by atoms with Gasteiger partial charge in [-0.25, -0.2) is 4.39 Å². The van der Waals surface area contributed by atoms with E-state index < -0.39 is 0 Å². The molecule has 0 atom stereocenters. The van der Waals surface area contributed by atoms with Gasteiger partial charge in [0.1, 0.15) is 0 Å². The van der Waals surface area contributed by atoms with Crippen molar-refractivity contribution in [3.8, 4) is 5.75 Å². The Labute approximate surface area is 121 Å². The lowest BCUT2D eigenvalue weighted by Gasteiger charge is -2.09. The summed E-state index contributed by atoms with van der Waals surface area (Å²) in [5.41, 5.74) is 1.63. The van der Waals surface area contributed by atoms with Gasteiger partial charge in [-0.15, -0.1) is 0 Å². The molecule has 1 N–H and O–H groups in total. The molecule has 2 rings (SSSR count). The van der Waals surface area contributed by atoms with Gasteiger partial charge in [-0.2, -0.15) is 0 Å². The van der Waals surface area contributed by atoms with Crippen molar-refractivity contribution in [3.05, 3.63) is 57.8 Å². The summed E-state index contributed by atoms with van der Waals surface area (Å²) in [4.78, 5) is 0. The molecule has 5 heteroatoms. The Morgan fingerprint density at radius 1 is 1.11 bits per heavy atom. The van der Waals surface area contributed by atoms with Crippen molar-refractivity contribution in [3.63, 3.8) is 0 Å². The molecule has 0 aromatic heterocycles. The topological polar surface area (TPSA) is 21.3 Å². The number of nitrogens with one attached hydrogen (secondary N) is 1. The molecule has 0 radical (unpaired) electrons. The summed E-state index contributed by atoms with van der Waals surface area (Å²) in [5.74, 6) is -0.144. The summed E-state index contributed by atoms with van der Waals surface area (Å²) in [7, 11) is 1.44. The van der Waals surface area contributed by atoms with Crippen molar-refractivity contribution < 1.29 is 9.13 Å². The molecule has 0 unspecified atom stereocenters. The van der Waals surface area contributed by atoms with Gasteiger partial charge in [0, 0.05) is 12.2 Å². The number of ether oxygens (including phenoxy) is 1. The van der Waals surface area contributed by atoms with Crippen molar-refractivity contribution in [1.29, 1.82) is 0 Å². The minimum absolute atomic E-state index is 0.235. The average molecular weight is 300 g/mol. The highest BCUT2D eigenvalue weighted by Gasteiger charge is 2.04. The van der Waals surface area contributed by atoms with E-state index in [2.05, 4.69) is 5.32 Å². The second kappa shape index (κ2) is 6.13. The van der Waals surface area contributed by atoms with E-state index in [4.69, 9.17) is 27.9 Å². The Bertz CT molecular complexity index is 590. The Morgan fingerprint density at radius 3 is 2.53 bits per heavy atom. The molecule has 100 valence electrons. The first-order valence-corrected chi connectivity index (χ1v) is 6.37. The number of hydrogen-bond donors (Lipinski definition) is 1. The lowest BCUT2D eigenvalue weighted by atomic mass is 10.2. The third-order valence-corrected chi connectivity index (χ3v) is 3.37. The van der Waals surface area contributed by atoms with Crippen LogP contribution in [-0.4, -0.2) is 7.11 Å². The van der Waals surface area contributed by atoms with Crippen LogP contribution in [0.4, 0.5) is 10.1 Å². The van der Waals surface area contributed by atoms with Crippen LogP contribution in [0.25, 0.3) is 0 Å². The van der Waals surface area contributed by atoms with E-state index in [1.165, 1.54) is 13.2 Å². The maximum atomic E-state index is 13.5. The van der Waals surface area contributed by atoms with Gasteiger partial charge in [0.15, 0.2) is 11.6 Å². The van der Waals surface area contributed by atoms with Crippen molar-refractivity contribution in [2.75, 3.05) is 12.4 Å². The van der Waals surface area contributed by atoms with E-state index in [9.17, 15) is 4.39 Å². The number of rotatable bonds is 4. The van der Waals surface area contributed by atoms with Gasteiger partial charge in [-0.1, -0.05) is 29.3 Å². The van der Waals surface area contributed by atoms with Crippen LogP contribution in [0.5, 0.6) is 5.75 Å². The molecule has 0 aliphatic heterocycles. The molecule has 0 heterocycles. The maximum absolute atomic E-state index is 13.5. The summed E-state index contributed by atoms with van der Waals surface area (Å²) >= 11 is 11.7. The third-order valence-electron chi connectivity index (χ3n) is 2.63. The highest BCUT2D eigenvalue weighted by molar-refractivity contribution is 6.42. The zero-order valence-corrected chi connectivity index (χ0v) is 11.7. The molecule has 0 saturated carbocycles. The van der Waals surface area contributed by atoms with Crippen LogP contribution in [0.2, 0.25) is 10.0 Å². The van der Waals surface area contributed by atoms with Gasteiger partial charge in [-0.05, 0) is 35.9 Å². The second-order valence-electron chi connectivity index (χ2n) is 3.95. The van der Waals surface area contributed by atoms with E-state index in [1.807, 2.05) is 6.07 Å². The normalized spacial score (nSPS) is 10.3. The Morgan fingerprint density at radius 2 is 1.89 bits per heavy atom. The van der Waals surface area contributed by atoms with Crippen LogP contribution >= 0.6 is 23.2 Å². The van der Waals surface area contributed by atoms with Crippen molar-refractivity contribution in [1.82, 2.24) is 0 Å². The number of anilines is 1. The van der Waals surface area contributed by atoms with Crippen molar-refractivity contribution in [2.45, 2.75) is 6.54 Å². The summed E-state index contributed by atoms with van der Waals surface area (Å²) in [6.45, 7) is 0.485. The van der Waals surface area contributed by atoms with Gasteiger partial charge in [0.05, 0.1) is 17.2 Å². The largest absolute Gasteiger partial charge is 0.494 e. The third kappa shape index (κ3) is 3.52. The van der Waals surface area contributed by atoms with Gasteiger partial charge < -0.3 is 10.1 Å². The lowest BCUT2D eigenvalue weighted by molar-refractivity contribution is 0.386. The lowest BCUT2D eigenvalue weighted by Crippen LogP contribution is -2.00. The fraction of sp³-hybridized carbons (Fsp3) is 0.143. The van der Waals surface area contributed by atoms with Crippen LogP contribution in [-0.2, 0) is 6.54 Å². The molecule has 0 saturated heterocycles. The monoisotopic (exact) mass is 299 g/mol. The predicted octanol–water partition coefficient (Wildman–Crippen LogP) is 4.75. The smallest absolute Gasteiger partial charge is 0.165 e. The average Bonchev–Trinajstić information content (AvgIpc) is 2.40. The molecule has 0 aliphatic carbocycles. The van der Waals surface area contributed by atoms with Gasteiger partial charge in [0.2, 0.25) is 0 Å². The molecular formula is C14H12Cl2FNO. The first-order valence-electron chi connectivity index (χ1n) is 5.61. The molecule has 0 fully saturated rings. The SMILES string of the molecule is COc1ccc(CNc2ccc(Cl)c(Cl)c2)cc1F. The molecule has 0 bridgehead atoms. The number of hydrogen-bond acceptors (Lipinski definition) is 2. The summed E-state index contributed by atoms with van der Waals surface area (Å²) in [6, 6.07) is 10.1. The first kappa shape index (κ1) is 14.0. The molecule has 0 spiro atoms. The number of methoxy groups -OCH3 is 1. The summed E-state index contributed by atoms with van der Waals surface area (Å²) < 4.78 is 18.4. The molecule has 0 aliphatic rings. The van der Waals surface area contributed by atoms with Crippen LogP contribution in [0, 0.1) is 5.82 Å². The Hall–Kier alpha value is -1.45. The van der Waals surface area contributed by atoms with Gasteiger partial charge >= 0.3 is 0 Å². The fourth-order valence-corrected chi connectivity index (χ4v) is 1.93. The second-order valence-corrected chi connectivity index (χ2v) is 4.77. The zero-order valence-electron chi connectivity index (χ0n) is 10.2. The minimum Gasteiger partial charge on any atom is -0.494 e. The van der Waals surface area contributed by atoms with Crippen molar-refractivity contribution >= 4 is 28.9 Å². The molecule has 2 nitrogen and oxygen atoms in total. The van der Waals surface area contributed by atoms with Gasteiger partial charge in [-0.3, -0.25) is 0 Å². The Balaban J connectivity index is 2.05. The van der Waals surface area contributed by atoms with E-state index >= 15 is 0 Å². The van der Waals surface area contributed by atoms with E-state index in [0.29, 0.717) is 16.6 Å². The molecular weight excluding hydrogens is 288 g/mol. The zero-order chi connectivity index (χ0) is 13.8. The van der Waals surface area contributed by atoms with E-state index in [1.54, 1.807) is 24.3 Å². The van der Waals surface area contributed by atoms with Crippen LogP contribution in [0.1, 0.15) is 5.56 Å². The standard InChI is InChI=1S/C14H12Cl2FNO/c1-19-14-5-2-9(6-13(14)17)8-18-10-3-4-11(15)12(16)7-10/h2-7,18H,8H2,1H3. The van der Waals surface area contributed by atoms with Crippen LogP contribution < -0.4 is 10.1 Å². The minimum atomic E-state index is -0.379. The van der Waals surface area contributed by atoms with Crippen LogP contribution in [0.3, 0.4) is 0 Å². The van der Waals surface area contributed by atoms with E-state index in [-0.39, 0.29) is 11.6 Å².